The minimum atomic E-state index is 0. The van der Waals surface area contributed by atoms with Crippen molar-refractivity contribution in [2.24, 2.45) is 0 Å². The minimum absolute atomic E-state index is 0. The van der Waals surface area contributed by atoms with Crippen molar-refractivity contribution in [1.29, 1.82) is 0 Å². The predicted octanol–water partition coefficient (Wildman–Crippen LogP) is 1.60. The van der Waals surface area contributed by atoms with Gasteiger partial charge in [0.05, 0.1) is 0 Å². The van der Waals surface area contributed by atoms with Gasteiger partial charge < -0.3 is 4.90 Å². The second kappa shape index (κ2) is 5.67. The molecule has 3 heteroatoms. The van der Waals surface area contributed by atoms with Crippen LogP contribution < -0.4 is 0 Å². The summed E-state index contributed by atoms with van der Waals surface area (Å²) in [6, 6.07) is 0. The summed E-state index contributed by atoms with van der Waals surface area (Å²) in [7, 11) is 4.03. The maximum absolute atomic E-state index is 5.63. The van der Waals surface area contributed by atoms with Crippen LogP contribution in [0, 0.1) is 0 Å². The Hall–Kier alpha value is 0.540. The first-order chi connectivity index (χ1) is 3.13. The summed E-state index contributed by atoms with van der Waals surface area (Å²) in [5.74, 6) is 0. The lowest BCUT2D eigenvalue weighted by atomic mass is 10.4. The lowest BCUT2D eigenvalue weighted by Gasteiger charge is -2.09. The maximum Gasteiger partial charge on any atom is 0.0434 e. The van der Waals surface area contributed by atoms with Crippen LogP contribution in [0.2, 0.25) is 0 Å². The second-order valence-electron chi connectivity index (χ2n) is 2.04. The fraction of sp³-hybridized carbons (Fsp3) is 1.00. The first kappa shape index (κ1) is 11.4. The van der Waals surface area contributed by atoms with Crippen LogP contribution in [0.3, 0.4) is 0 Å². The molecule has 0 saturated carbocycles. The Labute approximate surface area is 62.4 Å². The van der Waals surface area contributed by atoms with Crippen molar-refractivity contribution in [2.75, 3.05) is 20.6 Å². The van der Waals surface area contributed by atoms with E-state index in [1.807, 2.05) is 21.0 Å². The van der Waals surface area contributed by atoms with Crippen LogP contribution in [-0.2, 0) is 0 Å². The Bertz CT molecular complexity index is 39.7. The molecule has 0 aliphatic carbocycles. The average molecular weight is 158 g/mol. The van der Waals surface area contributed by atoms with Gasteiger partial charge in [-0.1, -0.05) is 0 Å². The molecule has 0 spiro atoms. The lowest BCUT2D eigenvalue weighted by Crippen LogP contribution is -2.19. The molecule has 0 radical (unpaired) electrons. The molecule has 0 heterocycles. The van der Waals surface area contributed by atoms with Gasteiger partial charge in [0.2, 0.25) is 0 Å². The van der Waals surface area contributed by atoms with E-state index in [1.165, 1.54) is 0 Å². The number of hydrogen-bond donors (Lipinski definition) is 0. The number of nitrogens with zero attached hydrogens (tertiary/aromatic N) is 1. The summed E-state index contributed by atoms with van der Waals surface area (Å²) in [6.07, 6.45) is 0. The average Bonchev–Trinajstić information content (AvgIpc) is 1.27. The molecular weight excluding hydrogens is 145 g/mol. The molecule has 52 valence electrons. The largest absolute Gasteiger partial charge is 0.308 e. The monoisotopic (exact) mass is 157 g/mol. The van der Waals surface area contributed by atoms with Crippen LogP contribution >= 0.6 is 24.0 Å². The van der Waals surface area contributed by atoms with Crippen LogP contribution in [0.5, 0.6) is 0 Å². The molecule has 0 aromatic carbocycles. The molecule has 0 rings (SSSR count). The summed E-state index contributed by atoms with van der Waals surface area (Å²) in [5, 5.41) is 0.273. The first-order valence-corrected chi connectivity index (χ1v) is 2.85. The minimum Gasteiger partial charge on any atom is -0.308 e. The highest BCUT2D eigenvalue weighted by atomic mass is 35.5. The molecule has 0 N–H and O–H groups in total. The third-order valence-electron chi connectivity index (χ3n) is 0.617. The van der Waals surface area contributed by atoms with Crippen molar-refractivity contribution >= 4 is 24.0 Å². The highest BCUT2D eigenvalue weighted by Gasteiger charge is 1.94. The van der Waals surface area contributed by atoms with E-state index in [2.05, 4.69) is 4.90 Å². The molecule has 1 nitrogen and oxygen atoms in total. The number of alkyl halides is 1. The van der Waals surface area contributed by atoms with Crippen molar-refractivity contribution < 1.29 is 0 Å². The first-order valence-electron chi connectivity index (χ1n) is 2.41. The van der Waals surface area contributed by atoms with E-state index in [0.29, 0.717) is 0 Å². The summed E-state index contributed by atoms with van der Waals surface area (Å²) < 4.78 is 0. The van der Waals surface area contributed by atoms with Gasteiger partial charge in [-0.25, -0.2) is 0 Å². The van der Waals surface area contributed by atoms with Gasteiger partial charge in [0.1, 0.15) is 0 Å². The molecule has 0 unspecified atom stereocenters. The van der Waals surface area contributed by atoms with E-state index in [4.69, 9.17) is 11.6 Å². The van der Waals surface area contributed by atoms with E-state index in [9.17, 15) is 0 Å². The molecule has 0 aromatic rings. The van der Waals surface area contributed by atoms with Crippen molar-refractivity contribution in [3.63, 3.8) is 0 Å². The van der Waals surface area contributed by atoms with Crippen molar-refractivity contribution in [3.05, 3.63) is 0 Å². The number of rotatable bonds is 2. The van der Waals surface area contributed by atoms with Crippen LogP contribution in [0.15, 0.2) is 0 Å². The van der Waals surface area contributed by atoms with Gasteiger partial charge in [0.25, 0.3) is 0 Å². The van der Waals surface area contributed by atoms with Crippen LogP contribution in [0.1, 0.15) is 6.92 Å². The van der Waals surface area contributed by atoms with E-state index in [1.54, 1.807) is 0 Å². The van der Waals surface area contributed by atoms with Gasteiger partial charge in [0.15, 0.2) is 0 Å². The highest BCUT2D eigenvalue weighted by molar-refractivity contribution is 6.20. The summed E-state index contributed by atoms with van der Waals surface area (Å²) in [5.41, 5.74) is 0. The van der Waals surface area contributed by atoms with E-state index >= 15 is 0 Å². The molecule has 8 heavy (non-hydrogen) atoms. The zero-order chi connectivity index (χ0) is 5.86. The van der Waals surface area contributed by atoms with Gasteiger partial charge >= 0.3 is 0 Å². The van der Waals surface area contributed by atoms with E-state index < -0.39 is 0 Å². The predicted molar refractivity (Wildman–Crippen MR) is 41.1 cm³/mol. The molecule has 0 aliphatic heterocycles. The zero-order valence-electron chi connectivity index (χ0n) is 5.52. The van der Waals surface area contributed by atoms with Crippen molar-refractivity contribution in [1.82, 2.24) is 4.90 Å². The second-order valence-corrected chi connectivity index (χ2v) is 2.79. The standard InChI is InChI=1S/C5H12ClN.ClH/c1-5(6)4-7(2)3;/h5H,4H2,1-3H3;1H/t5-;/m0./s1. The third kappa shape index (κ3) is 9.74. The zero-order valence-corrected chi connectivity index (χ0v) is 7.09. The Morgan fingerprint density at radius 1 is 1.50 bits per heavy atom. The molecule has 0 saturated heterocycles. The Morgan fingerprint density at radius 2 is 1.88 bits per heavy atom. The summed E-state index contributed by atoms with van der Waals surface area (Å²) in [4.78, 5) is 2.07. The Morgan fingerprint density at radius 3 is 1.88 bits per heavy atom. The van der Waals surface area contributed by atoms with Crippen molar-refractivity contribution in [3.8, 4) is 0 Å². The fourth-order valence-corrected chi connectivity index (χ4v) is 0.779. The third-order valence-corrected chi connectivity index (χ3v) is 0.755. The maximum atomic E-state index is 5.63. The van der Waals surface area contributed by atoms with Crippen LogP contribution in [-0.4, -0.2) is 30.9 Å². The molecule has 0 bridgehead atoms. The number of hydrogen-bond acceptors (Lipinski definition) is 1. The van der Waals surface area contributed by atoms with E-state index in [-0.39, 0.29) is 17.8 Å². The van der Waals surface area contributed by atoms with Gasteiger partial charge in [0, 0.05) is 11.9 Å². The molecular formula is C5H13Cl2N. The number of halogens is 2. The molecule has 0 aromatic heterocycles. The quantitative estimate of drug-likeness (QED) is 0.551. The smallest absolute Gasteiger partial charge is 0.0434 e. The molecule has 0 aliphatic rings. The van der Waals surface area contributed by atoms with Crippen molar-refractivity contribution in [2.45, 2.75) is 12.3 Å². The molecule has 0 amide bonds. The van der Waals surface area contributed by atoms with Gasteiger partial charge in [-0.3, -0.25) is 0 Å². The van der Waals surface area contributed by atoms with E-state index in [0.717, 1.165) is 6.54 Å². The van der Waals surface area contributed by atoms with Crippen LogP contribution in [0.4, 0.5) is 0 Å². The van der Waals surface area contributed by atoms with Gasteiger partial charge in [-0.2, -0.15) is 0 Å². The summed E-state index contributed by atoms with van der Waals surface area (Å²) >= 11 is 5.63. The highest BCUT2D eigenvalue weighted by Crippen LogP contribution is 1.92. The Balaban J connectivity index is 0. The SMILES string of the molecule is C[C@H](Cl)CN(C)C.Cl. The molecule has 0 fully saturated rings. The summed E-state index contributed by atoms with van der Waals surface area (Å²) in [6.45, 7) is 2.95. The van der Waals surface area contributed by atoms with Gasteiger partial charge in [-0.05, 0) is 21.0 Å². The van der Waals surface area contributed by atoms with Crippen LogP contribution in [0.25, 0.3) is 0 Å². The Kier molecular flexibility index (Phi) is 8.05. The fourth-order valence-electron chi connectivity index (χ4n) is 0.503. The molecule has 1 atom stereocenters. The lowest BCUT2D eigenvalue weighted by molar-refractivity contribution is 0.411. The normalized spacial score (nSPS) is 13.1. The van der Waals surface area contributed by atoms with Gasteiger partial charge in [-0.15, -0.1) is 24.0 Å². The topological polar surface area (TPSA) is 3.24 Å².